The van der Waals surface area contributed by atoms with Crippen molar-refractivity contribution in [1.29, 1.82) is 0 Å². The van der Waals surface area contributed by atoms with Gasteiger partial charge < -0.3 is 25.2 Å². The zero-order valence-electron chi connectivity index (χ0n) is 7.18. The van der Waals surface area contributed by atoms with Gasteiger partial charge in [0.15, 0.2) is 11.5 Å². The number of hydrogen-bond acceptors (Lipinski definition) is 6. The monoisotopic (exact) mass is 200 g/mol. The van der Waals surface area contributed by atoms with E-state index >= 15 is 0 Å². The molecule has 6 heteroatoms. The number of benzene rings is 1. The first-order chi connectivity index (χ1) is 6.43. The second-order valence-corrected chi connectivity index (χ2v) is 2.53. The molecular weight excluding hydrogens is 192 g/mol. The van der Waals surface area contributed by atoms with Crippen molar-refractivity contribution in [2.75, 3.05) is 0 Å². The van der Waals surface area contributed by atoms with Crippen molar-refractivity contribution >= 4 is 5.97 Å². The fourth-order valence-corrected chi connectivity index (χ4v) is 0.844. The molecule has 0 atom stereocenters. The Morgan fingerprint density at radius 3 is 2.21 bits per heavy atom. The summed E-state index contributed by atoms with van der Waals surface area (Å²) in [6.07, 6.45) is 0. The molecule has 76 valence electrons. The van der Waals surface area contributed by atoms with Gasteiger partial charge in [0, 0.05) is 13.0 Å². The summed E-state index contributed by atoms with van der Waals surface area (Å²) in [5.41, 5.74) is 0. The fraction of sp³-hybridized carbons (Fsp3) is 0.125. The Balaban J connectivity index is 3.25. The maximum Gasteiger partial charge on any atom is 0.308 e. The lowest BCUT2D eigenvalue weighted by Crippen LogP contribution is -2.01. The highest BCUT2D eigenvalue weighted by molar-refractivity contribution is 5.73. The molecule has 0 bridgehead atoms. The van der Waals surface area contributed by atoms with Crippen molar-refractivity contribution < 1.29 is 30.0 Å². The molecule has 1 rings (SSSR count). The lowest BCUT2D eigenvalue weighted by Gasteiger charge is -2.08. The number of aromatic hydroxyl groups is 4. The van der Waals surface area contributed by atoms with Crippen LogP contribution in [0.3, 0.4) is 0 Å². The quantitative estimate of drug-likeness (QED) is 0.227. The molecule has 0 amide bonds. The van der Waals surface area contributed by atoms with Gasteiger partial charge in [-0.2, -0.15) is 0 Å². The van der Waals surface area contributed by atoms with Crippen molar-refractivity contribution in [3.63, 3.8) is 0 Å². The molecule has 0 aliphatic heterocycles. The Bertz CT molecular complexity index is 384. The van der Waals surface area contributed by atoms with Gasteiger partial charge >= 0.3 is 5.97 Å². The van der Waals surface area contributed by atoms with Gasteiger partial charge in [-0.25, -0.2) is 0 Å². The summed E-state index contributed by atoms with van der Waals surface area (Å²) in [6.45, 7) is 1.08. The summed E-state index contributed by atoms with van der Waals surface area (Å²) in [5.74, 6) is -4.48. The molecule has 14 heavy (non-hydrogen) atoms. The van der Waals surface area contributed by atoms with Crippen LogP contribution in [0.15, 0.2) is 6.07 Å². The predicted octanol–water partition coefficient (Wildman–Crippen LogP) is 0.434. The molecule has 0 fully saturated rings. The zero-order chi connectivity index (χ0) is 10.9. The molecule has 0 heterocycles. The molecule has 0 saturated carbocycles. The molecule has 0 saturated heterocycles. The van der Waals surface area contributed by atoms with Crippen LogP contribution in [-0.2, 0) is 4.79 Å². The van der Waals surface area contributed by atoms with E-state index in [1.165, 1.54) is 0 Å². The lowest BCUT2D eigenvalue weighted by atomic mass is 10.2. The summed E-state index contributed by atoms with van der Waals surface area (Å²) in [4.78, 5) is 10.5. The average Bonchev–Trinajstić information content (AvgIpc) is 2.10. The molecule has 0 unspecified atom stereocenters. The van der Waals surface area contributed by atoms with E-state index in [4.69, 9.17) is 20.4 Å². The highest BCUT2D eigenvalue weighted by atomic mass is 16.5. The number of carbonyl (C=O) groups excluding carboxylic acids is 1. The maximum atomic E-state index is 10.5. The fourth-order valence-electron chi connectivity index (χ4n) is 0.844. The van der Waals surface area contributed by atoms with Gasteiger partial charge in [0.1, 0.15) is 0 Å². The lowest BCUT2D eigenvalue weighted by molar-refractivity contribution is -0.132. The summed E-state index contributed by atoms with van der Waals surface area (Å²) >= 11 is 0. The molecule has 1 aromatic carbocycles. The summed E-state index contributed by atoms with van der Waals surface area (Å²) in [7, 11) is 0. The Morgan fingerprint density at radius 1 is 1.14 bits per heavy atom. The normalized spacial score (nSPS) is 9.79. The minimum atomic E-state index is -0.943. The van der Waals surface area contributed by atoms with E-state index in [1.807, 2.05) is 0 Å². The number of hydrogen-bond donors (Lipinski definition) is 4. The standard InChI is InChI=1S/C8H8O6/c1-3(9)14-5-2-4(10)6(11)8(13)7(5)12/h2,10-13H,1H3. The summed E-state index contributed by atoms with van der Waals surface area (Å²) < 4.78 is 4.44. The van der Waals surface area contributed by atoms with E-state index in [9.17, 15) is 4.79 Å². The Hall–Kier alpha value is -2.11. The number of ether oxygens (including phenoxy) is 1. The predicted molar refractivity (Wildman–Crippen MR) is 44.4 cm³/mol. The molecule has 0 aliphatic rings. The highest BCUT2D eigenvalue weighted by Gasteiger charge is 2.18. The molecule has 6 nitrogen and oxygen atoms in total. The Labute approximate surface area is 78.6 Å². The first-order valence-electron chi connectivity index (χ1n) is 3.58. The number of carbonyl (C=O) groups is 1. The maximum absolute atomic E-state index is 10.5. The van der Waals surface area contributed by atoms with E-state index < -0.39 is 34.7 Å². The summed E-state index contributed by atoms with van der Waals surface area (Å²) in [5, 5.41) is 36.1. The van der Waals surface area contributed by atoms with Gasteiger partial charge in [0.25, 0.3) is 0 Å². The van der Waals surface area contributed by atoms with Gasteiger partial charge in [0.05, 0.1) is 0 Å². The van der Waals surface area contributed by atoms with Crippen molar-refractivity contribution in [2.45, 2.75) is 6.92 Å². The third kappa shape index (κ3) is 1.63. The minimum absolute atomic E-state index is 0.426. The molecule has 0 spiro atoms. The van der Waals surface area contributed by atoms with Crippen LogP contribution in [0.2, 0.25) is 0 Å². The molecule has 4 N–H and O–H groups in total. The zero-order valence-corrected chi connectivity index (χ0v) is 7.18. The topological polar surface area (TPSA) is 107 Å². The number of phenols is 4. The number of rotatable bonds is 1. The van der Waals surface area contributed by atoms with Crippen molar-refractivity contribution in [1.82, 2.24) is 0 Å². The van der Waals surface area contributed by atoms with E-state index in [0.717, 1.165) is 13.0 Å². The third-order valence-corrected chi connectivity index (χ3v) is 1.45. The van der Waals surface area contributed by atoms with Gasteiger partial charge in [-0.05, 0) is 0 Å². The van der Waals surface area contributed by atoms with Crippen LogP contribution in [0, 0.1) is 0 Å². The Morgan fingerprint density at radius 2 is 1.71 bits per heavy atom. The first kappa shape index (κ1) is 9.97. The van der Waals surface area contributed by atoms with Gasteiger partial charge in [-0.15, -0.1) is 0 Å². The highest BCUT2D eigenvalue weighted by Crippen LogP contribution is 2.47. The molecule has 0 aliphatic carbocycles. The molecule has 0 radical (unpaired) electrons. The van der Waals surface area contributed by atoms with Crippen LogP contribution in [-0.4, -0.2) is 26.4 Å². The molecule has 1 aromatic rings. The van der Waals surface area contributed by atoms with Crippen LogP contribution in [0.4, 0.5) is 0 Å². The van der Waals surface area contributed by atoms with Crippen LogP contribution in [0.25, 0.3) is 0 Å². The van der Waals surface area contributed by atoms with Gasteiger partial charge in [0.2, 0.25) is 17.2 Å². The van der Waals surface area contributed by atoms with Crippen molar-refractivity contribution in [3.05, 3.63) is 6.07 Å². The van der Waals surface area contributed by atoms with Crippen LogP contribution in [0.5, 0.6) is 28.7 Å². The second-order valence-electron chi connectivity index (χ2n) is 2.53. The second kappa shape index (κ2) is 3.33. The van der Waals surface area contributed by atoms with E-state index in [0.29, 0.717) is 0 Å². The van der Waals surface area contributed by atoms with Gasteiger partial charge in [-0.3, -0.25) is 4.79 Å². The Kier molecular flexibility index (Phi) is 2.37. The largest absolute Gasteiger partial charge is 0.504 e. The van der Waals surface area contributed by atoms with E-state index in [2.05, 4.69) is 4.74 Å². The minimum Gasteiger partial charge on any atom is -0.504 e. The number of esters is 1. The average molecular weight is 200 g/mol. The van der Waals surface area contributed by atoms with Crippen LogP contribution < -0.4 is 4.74 Å². The van der Waals surface area contributed by atoms with E-state index in [-0.39, 0.29) is 0 Å². The van der Waals surface area contributed by atoms with Crippen molar-refractivity contribution in [3.8, 4) is 28.7 Å². The SMILES string of the molecule is CC(=O)Oc1cc(O)c(O)c(O)c1O. The summed E-state index contributed by atoms with van der Waals surface area (Å²) in [6, 6.07) is 0.811. The van der Waals surface area contributed by atoms with Crippen LogP contribution in [0.1, 0.15) is 6.92 Å². The van der Waals surface area contributed by atoms with Gasteiger partial charge in [-0.1, -0.05) is 0 Å². The molecular formula is C8H8O6. The van der Waals surface area contributed by atoms with Crippen LogP contribution >= 0.6 is 0 Å². The first-order valence-corrected chi connectivity index (χ1v) is 3.58. The van der Waals surface area contributed by atoms with E-state index in [1.54, 1.807) is 0 Å². The molecule has 0 aromatic heterocycles. The smallest absolute Gasteiger partial charge is 0.308 e. The third-order valence-electron chi connectivity index (χ3n) is 1.45. The van der Waals surface area contributed by atoms with Crippen molar-refractivity contribution in [2.24, 2.45) is 0 Å². The number of phenolic OH excluding ortho intramolecular Hbond substituents is 4.